The van der Waals surface area contributed by atoms with Gasteiger partial charge in [0.15, 0.2) is 18.2 Å². The van der Waals surface area contributed by atoms with Crippen LogP contribution in [-0.4, -0.2) is 24.1 Å². The lowest BCUT2D eigenvalue weighted by Crippen LogP contribution is -2.42. The molecule has 6 nitrogen and oxygen atoms in total. The highest BCUT2D eigenvalue weighted by atomic mass is 35.5. The van der Waals surface area contributed by atoms with Crippen LogP contribution in [-0.2, 0) is 14.4 Å². The van der Waals surface area contributed by atoms with Gasteiger partial charge in [-0.1, -0.05) is 57.5 Å². The first-order chi connectivity index (χ1) is 18.7. The lowest BCUT2D eigenvalue weighted by atomic mass is 9.64. The molecule has 1 heterocycles. The number of ketones is 2. The molecule has 40 heavy (non-hydrogen) atoms. The zero-order valence-electron chi connectivity index (χ0n) is 24.1. The van der Waals surface area contributed by atoms with Crippen LogP contribution in [0.4, 0.5) is 5.69 Å². The number of allylic oxidation sites excluding steroid dienone is 4. The summed E-state index contributed by atoms with van der Waals surface area (Å²) in [6.45, 7) is 12.1. The number of Topliss-reactive ketones (excluding diaryl/α,β-unsaturated/α-hetero) is 2. The number of halogens is 1. The van der Waals surface area contributed by atoms with E-state index in [1.165, 1.54) is 0 Å². The van der Waals surface area contributed by atoms with E-state index < -0.39 is 5.92 Å². The van der Waals surface area contributed by atoms with Gasteiger partial charge in [0.05, 0.1) is 5.02 Å². The fraction of sp³-hybridized carbons (Fsp3) is 0.424. The Labute approximate surface area is 241 Å². The van der Waals surface area contributed by atoms with Crippen LogP contribution in [0.25, 0.3) is 0 Å². The molecule has 0 unspecified atom stereocenters. The third-order valence-electron chi connectivity index (χ3n) is 8.03. The molecule has 1 aliphatic heterocycles. The standard InChI is InChI=1S/C33H37ClN2O4/c1-18-7-8-19(2)22(11-18)36-28(39)17-40-27-10-9-20(12-21(27)34)29-30-23(13-32(3,4)15-25(30)37)35-24-14-33(5,6)16-26(38)31(24)29/h7-12,29,35H,13-17H2,1-6H3,(H,36,39). The van der Waals surface area contributed by atoms with Crippen molar-refractivity contribution in [3.8, 4) is 5.75 Å². The van der Waals surface area contributed by atoms with Crippen LogP contribution in [0.3, 0.4) is 0 Å². The number of carbonyl (C=O) groups is 3. The van der Waals surface area contributed by atoms with E-state index in [1.807, 2.05) is 38.1 Å². The molecule has 0 atom stereocenters. The topological polar surface area (TPSA) is 84.5 Å². The van der Waals surface area contributed by atoms with Crippen LogP contribution >= 0.6 is 11.6 Å². The average molecular weight is 561 g/mol. The third-order valence-corrected chi connectivity index (χ3v) is 8.33. The number of anilines is 1. The van der Waals surface area contributed by atoms with Gasteiger partial charge in [0.25, 0.3) is 5.91 Å². The van der Waals surface area contributed by atoms with Gasteiger partial charge in [-0.3, -0.25) is 14.4 Å². The van der Waals surface area contributed by atoms with Crippen molar-refractivity contribution < 1.29 is 19.1 Å². The first-order valence-corrected chi connectivity index (χ1v) is 14.2. The molecule has 0 saturated heterocycles. The average Bonchev–Trinajstić information content (AvgIpc) is 2.82. The Hall–Kier alpha value is -3.38. The summed E-state index contributed by atoms with van der Waals surface area (Å²) in [6, 6.07) is 11.2. The van der Waals surface area contributed by atoms with Gasteiger partial charge in [-0.15, -0.1) is 0 Å². The van der Waals surface area contributed by atoms with Gasteiger partial charge in [0, 0.05) is 47.0 Å². The molecule has 0 aromatic heterocycles. The maximum absolute atomic E-state index is 13.5. The van der Waals surface area contributed by atoms with Crippen molar-refractivity contribution in [3.63, 3.8) is 0 Å². The summed E-state index contributed by atoms with van der Waals surface area (Å²) >= 11 is 6.68. The highest BCUT2D eigenvalue weighted by Crippen LogP contribution is 2.51. The van der Waals surface area contributed by atoms with Crippen molar-refractivity contribution in [2.24, 2.45) is 10.8 Å². The Morgan fingerprint density at radius 1 is 0.925 bits per heavy atom. The molecule has 7 heteroatoms. The molecule has 0 spiro atoms. The summed E-state index contributed by atoms with van der Waals surface area (Å²) in [6.07, 6.45) is 2.33. The van der Waals surface area contributed by atoms with Crippen molar-refractivity contribution in [1.82, 2.24) is 5.32 Å². The number of rotatable bonds is 5. The fourth-order valence-corrected chi connectivity index (χ4v) is 6.48. The minimum absolute atomic E-state index is 0.0625. The molecule has 1 amide bonds. The normalized spacial score (nSPS) is 20.1. The second-order valence-electron chi connectivity index (χ2n) is 13.1. The van der Waals surface area contributed by atoms with E-state index in [-0.39, 0.29) is 34.9 Å². The molecule has 5 rings (SSSR count). The smallest absolute Gasteiger partial charge is 0.262 e. The minimum atomic E-state index is -0.474. The van der Waals surface area contributed by atoms with Crippen LogP contribution in [0.2, 0.25) is 5.02 Å². The van der Waals surface area contributed by atoms with Crippen LogP contribution in [0.15, 0.2) is 58.9 Å². The van der Waals surface area contributed by atoms with Crippen molar-refractivity contribution >= 4 is 34.8 Å². The molecule has 2 N–H and O–H groups in total. The maximum atomic E-state index is 13.5. The van der Waals surface area contributed by atoms with Gasteiger partial charge < -0.3 is 15.4 Å². The zero-order chi connectivity index (χ0) is 29.0. The first kappa shape index (κ1) is 28.2. The maximum Gasteiger partial charge on any atom is 0.262 e. The van der Waals surface area contributed by atoms with Crippen LogP contribution in [0, 0.1) is 24.7 Å². The largest absolute Gasteiger partial charge is 0.482 e. The highest BCUT2D eigenvalue weighted by molar-refractivity contribution is 6.32. The second kappa shape index (κ2) is 10.2. The fourth-order valence-electron chi connectivity index (χ4n) is 6.24. The summed E-state index contributed by atoms with van der Waals surface area (Å²) < 4.78 is 5.78. The Kier molecular flexibility index (Phi) is 7.20. The molecule has 0 saturated carbocycles. The summed E-state index contributed by atoms with van der Waals surface area (Å²) in [5.74, 6) is -0.272. The number of amides is 1. The van der Waals surface area contributed by atoms with Crippen LogP contribution < -0.4 is 15.4 Å². The molecule has 2 aliphatic carbocycles. The Bertz CT molecular complexity index is 1450. The molecule has 0 radical (unpaired) electrons. The summed E-state index contributed by atoms with van der Waals surface area (Å²) in [5, 5.41) is 6.74. The van der Waals surface area contributed by atoms with E-state index >= 15 is 0 Å². The molecule has 3 aliphatic rings. The number of nitrogens with one attached hydrogen (secondary N) is 2. The molecule has 2 aromatic rings. The molecule has 0 fully saturated rings. The van der Waals surface area contributed by atoms with E-state index in [0.29, 0.717) is 34.8 Å². The lowest BCUT2D eigenvalue weighted by molar-refractivity contribution is -0.119. The Balaban J connectivity index is 1.43. The van der Waals surface area contributed by atoms with E-state index in [1.54, 1.807) is 12.1 Å². The molecule has 0 bridgehead atoms. The van der Waals surface area contributed by atoms with Crippen LogP contribution in [0.1, 0.15) is 76.0 Å². The lowest BCUT2D eigenvalue weighted by Gasteiger charge is -2.44. The highest BCUT2D eigenvalue weighted by Gasteiger charge is 2.46. The van der Waals surface area contributed by atoms with Gasteiger partial charge in [0.1, 0.15) is 5.75 Å². The number of hydrogen-bond donors (Lipinski definition) is 2. The Morgan fingerprint density at radius 3 is 2.10 bits per heavy atom. The third kappa shape index (κ3) is 5.60. The van der Waals surface area contributed by atoms with Gasteiger partial charge in [-0.2, -0.15) is 0 Å². The minimum Gasteiger partial charge on any atom is -0.482 e. The molecular weight excluding hydrogens is 524 g/mol. The SMILES string of the molecule is Cc1ccc(C)c(NC(=O)COc2ccc(C3C4=C(CC(C)(C)CC4=O)NC4=C3C(=O)CC(C)(C)C4)cc2Cl)c1. The van der Waals surface area contributed by atoms with Gasteiger partial charge >= 0.3 is 0 Å². The predicted octanol–water partition coefficient (Wildman–Crippen LogP) is 6.95. The number of hydrogen-bond acceptors (Lipinski definition) is 5. The quantitative estimate of drug-likeness (QED) is 0.413. The number of aryl methyl sites for hydroxylation is 2. The first-order valence-electron chi connectivity index (χ1n) is 13.8. The van der Waals surface area contributed by atoms with Crippen molar-refractivity contribution in [2.45, 2.75) is 73.1 Å². The molecule has 210 valence electrons. The number of ether oxygens (including phenoxy) is 1. The van der Waals surface area contributed by atoms with Gasteiger partial charge in [-0.25, -0.2) is 0 Å². The summed E-state index contributed by atoms with van der Waals surface area (Å²) in [7, 11) is 0. The predicted molar refractivity (Wildman–Crippen MR) is 157 cm³/mol. The van der Waals surface area contributed by atoms with Crippen molar-refractivity contribution in [1.29, 1.82) is 0 Å². The van der Waals surface area contributed by atoms with E-state index in [9.17, 15) is 14.4 Å². The van der Waals surface area contributed by atoms with E-state index in [4.69, 9.17) is 16.3 Å². The number of benzene rings is 2. The number of dihydropyridines is 1. The van der Waals surface area contributed by atoms with Crippen LogP contribution in [0.5, 0.6) is 5.75 Å². The molecule has 2 aromatic carbocycles. The monoisotopic (exact) mass is 560 g/mol. The van der Waals surface area contributed by atoms with E-state index in [0.717, 1.165) is 46.6 Å². The van der Waals surface area contributed by atoms with E-state index in [2.05, 4.69) is 38.3 Å². The van der Waals surface area contributed by atoms with Crippen molar-refractivity contribution in [2.75, 3.05) is 11.9 Å². The summed E-state index contributed by atoms with van der Waals surface area (Å²) in [4.78, 5) is 39.6. The molecular formula is C33H37ClN2O4. The Morgan fingerprint density at radius 2 is 1.52 bits per heavy atom. The second-order valence-corrected chi connectivity index (χ2v) is 13.5. The zero-order valence-corrected chi connectivity index (χ0v) is 24.8. The van der Waals surface area contributed by atoms with Gasteiger partial charge in [-0.05, 0) is 72.4 Å². The van der Waals surface area contributed by atoms with Gasteiger partial charge in [0.2, 0.25) is 0 Å². The van der Waals surface area contributed by atoms with Crippen molar-refractivity contribution in [3.05, 3.63) is 80.7 Å². The number of carbonyl (C=O) groups excluding carboxylic acids is 3. The summed E-state index contributed by atoms with van der Waals surface area (Å²) in [5.41, 5.74) is 6.38.